The number of carbonyl (C=O) groups excluding carboxylic acids is 3. The number of aromatic nitrogens is 1. The molecule has 0 aliphatic carbocycles. The van der Waals surface area contributed by atoms with Crippen LogP contribution in [0.2, 0.25) is 0 Å². The van der Waals surface area contributed by atoms with Gasteiger partial charge in [-0.3, -0.25) is 19.4 Å². The van der Waals surface area contributed by atoms with Crippen molar-refractivity contribution in [3.05, 3.63) is 72.1 Å². The summed E-state index contributed by atoms with van der Waals surface area (Å²) >= 11 is 0. The summed E-state index contributed by atoms with van der Waals surface area (Å²) in [6, 6.07) is 13.4. The molecular formula is C26H24N4O5. The molecule has 2 aliphatic heterocycles. The third-order valence-corrected chi connectivity index (χ3v) is 6.37. The first-order chi connectivity index (χ1) is 17.0. The van der Waals surface area contributed by atoms with Crippen molar-refractivity contribution in [2.75, 3.05) is 39.2 Å². The molecule has 5 rings (SSSR count). The van der Waals surface area contributed by atoms with E-state index in [1.54, 1.807) is 60.5 Å². The minimum Gasteiger partial charge on any atom is -0.497 e. The molecule has 0 radical (unpaired) electrons. The van der Waals surface area contributed by atoms with Crippen LogP contribution >= 0.6 is 0 Å². The van der Waals surface area contributed by atoms with Crippen molar-refractivity contribution in [2.45, 2.75) is 6.04 Å². The fourth-order valence-corrected chi connectivity index (χ4v) is 4.51. The largest absolute Gasteiger partial charge is 0.497 e. The number of piperazine rings is 1. The summed E-state index contributed by atoms with van der Waals surface area (Å²) < 4.78 is 10.8. The molecule has 1 fully saturated rings. The Kier molecular flexibility index (Phi) is 5.82. The second-order valence-electron chi connectivity index (χ2n) is 8.32. The monoisotopic (exact) mass is 472 g/mol. The van der Waals surface area contributed by atoms with Crippen LogP contribution in [0.5, 0.6) is 11.5 Å². The molecule has 3 amide bonds. The lowest BCUT2D eigenvalue weighted by Crippen LogP contribution is -2.59. The zero-order chi connectivity index (χ0) is 24.5. The minimum atomic E-state index is -0.789. The maximum Gasteiger partial charge on any atom is 0.256 e. The van der Waals surface area contributed by atoms with Crippen LogP contribution < -0.4 is 14.8 Å². The second kappa shape index (κ2) is 9.09. The van der Waals surface area contributed by atoms with Crippen LogP contribution in [0.25, 0.3) is 11.1 Å². The number of hydrogen-bond acceptors (Lipinski definition) is 6. The van der Waals surface area contributed by atoms with Gasteiger partial charge >= 0.3 is 0 Å². The van der Waals surface area contributed by atoms with Gasteiger partial charge in [-0.05, 0) is 42.0 Å². The average molecular weight is 473 g/mol. The quantitative estimate of drug-likeness (QED) is 0.627. The first kappa shape index (κ1) is 22.4. The topological polar surface area (TPSA) is 101 Å². The number of benzene rings is 2. The Morgan fingerprint density at radius 3 is 2.63 bits per heavy atom. The van der Waals surface area contributed by atoms with Crippen LogP contribution in [0, 0.1) is 0 Å². The van der Waals surface area contributed by atoms with Gasteiger partial charge in [0.1, 0.15) is 17.5 Å². The summed E-state index contributed by atoms with van der Waals surface area (Å²) in [6.07, 6.45) is 3.09. The Morgan fingerprint density at radius 1 is 1.03 bits per heavy atom. The van der Waals surface area contributed by atoms with Gasteiger partial charge in [-0.25, -0.2) is 0 Å². The highest BCUT2D eigenvalue weighted by Gasteiger charge is 2.40. The van der Waals surface area contributed by atoms with E-state index in [1.807, 2.05) is 18.2 Å². The predicted molar refractivity (Wildman–Crippen MR) is 129 cm³/mol. The molecule has 3 heterocycles. The number of amides is 3. The van der Waals surface area contributed by atoms with Crippen LogP contribution in [0.3, 0.4) is 0 Å². The molecule has 1 N–H and O–H groups in total. The molecule has 2 aliphatic rings. The SMILES string of the molecule is COc1ccc(-c2ccc3c(c2)C(=O)N2CCN(C(=O)c4cccnc4)CC2C(=O)N3)c(OC)c1. The number of methoxy groups -OCH3 is 2. The van der Waals surface area contributed by atoms with Gasteiger partial charge in [0.05, 0.1) is 37.6 Å². The van der Waals surface area contributed by atoms with Gasteiger partial charge in [0.2, 0.25) is 5.91 Å². The molecule has 1 saturated heterocycles. The van der Waals surface area contributed by atoms with Gasteiger partial charge in [-0.1, -0.05) is 6.07 Å². The Balaban J connectivity index is 1.44. The molecule has 0 saturated carbocycles. The molecule has 0 spiro atoms. The van der Waals surface area contributed by atoms with E-state index in [4.69, 9.17) is 9.47 Å². The summed E-state index contributed by atoms with van der Waals surface area (Å²) in [5.74, 6) is 0.468. The number of nitrogens with zero attached hydrogens (tertiary/aromatic N) is 3. The molecule has 1 atom stereocenters. The smallest absolute Gasteiger partial charge is 0.256 e. The van der Waals surface area contributed by atoms with E-state index in [1.165, 1.54) is 6.20 Å². The van der Waals surface area contributed by atoms with Gasteiger partial charge in [0, 0.05) is 37.1 Å². The number of anilines is 1. The highest BCUT2D eigenvalue weighted by atomic mass is 16.5. The van der Waals surface area contributed by atoms with Crippen LogP contribution in [0.4, 0.5) is 5.69 Å². The average Bonchev–Trinajstić information content (AvgIpc) is 3.01. The van der Waals surface area contributed by atoms with Gasteiger partial charge in [0.15, 0.2) is 0 Å². The first-order valence-electron chi connectivity index (χ1n) is 11.2. The number of fused-ring (bicyclic) bond motifs is 2. The summed E-state index contributed by atoms with van der Waals surface area (Å²) in [6.45, 7) is 0.682. The summed E-state index contributed by atoms with van der Waals surface area (Å²) in [7, 11) is 3.16. The lowest BCUT2D eigenvalue weighted by Gasteiger charge is -2.39. The maximum atomic E-state index is 13.6. The van der Waals surface area contributed by atoms with Gasteiger partial charge in [-0.2, -0.15) is 0 Å². The number of ether oxygens (including phenoxy) is 2. The van der Waals surface area contributed by atoms with Crippen molar-refractivity contribution in [3.8, 4) is 22.6 Å². The summed E-state index contributed by atoms with van der Waals surface area (Å²) in [5, 5.41) is 2.87. The highest BCUT2D eigenvalue weighted by molar-refractivity contribution is 6.11. The Morgan fingerprint density at radius 2 is 1.89 bits per heavy atom. The van der Waals surface area contributed by atoms with Gasteiger partial charge in [-0.15, -0.1) is 0 Å². The van der Waals surface area contributed by atoms with Crippen molar-refractivity contribution < 1.29 is 23.9 Å². The minimum absolute atomic E-state index is 0.110. The number of hydrogen-bond donors (Lipinski definition) is 1. The lowest BCUT2D eigenvalue weighted by molar-refractivity contribution is -0.121. The lowest BCUT2D eigenvalue weighted by atomic mass is 10.00. The third-order valence-electron chi connectivity index (χ3n) is 6.37. The standard InChI is InChI=1S/C26H24N4O5/c1-34-18-6-7-19(23(13-18)35-2)16-5-8-21-20(12-16)26(33)30-11-10-29(15-22(30)24(31)28-21)25(32)17-4-3-9-27-14-17/h3-9,12-14,22H,10-11,15H2,1-2H3,(H,28,31). The molecular weight excluding hydrogens is 448 g/mol. The molecule has 1 aromatic heterocycles. The van der Waals surface area contributed by atoms with Crippen LogP contribution in [0.1, 0.15) is 20.7 Å². The molecule has 1 unspecified atom stereocenters. The van der Waals surface area contributed by atoms with E-state index >= 15 is 0 Å². The first-order valence-corrected chi connectivity index (χ1v) is 11.2. The molecule has 35 heavy (non-hydrogen) atoms. The van der Waals surface area contributed by atoms with Crippen molar-refractivity contribution in [2.24, 2.45) is 0 Å². The molecule has 9 nitrogen and oxygen atoms in total. The molecule has 3 aromatic rings. The number of pyridine rings is 1. The van der Waals surface area contributed by atoms with Crippen molar-refractivity contribution >= 4 is 23.4 Å². The van der Waals surface area contributed by atoms with E-state index in [9.17, 15) is 14.4 Å². The van der Waals surface area contributed by atoms with Crippen molar-refractivity contribution in [3.63, 3.8) is 0 Å². The fraction of sp³-hybridized carbons (Fsp3) is 0.231. The highest BCUT2D eigenvalue weighted by Crippen LogP contribution is 2.36. The summed E-state index contributed by atoms with van der Waals surface area (Å²) in [5.41, 5.74) is 2.85. The second-order valence-corrected chi connectivity index (χ2v) is 8.32. The fourth-order valence-electron chi connectivity index (χ4n) is 4.51. The molecule has 178 valence electrons. The number of nitrogens with one attached hydrogen (secondary N) is 1. The maximum absolute atomic E-state index is 13.6. The number of rotatable bonds is 4. The van der Waals surface area contributed by atoms with Crippen molar-refractivity contribution in [1.29, 1.82) is 0 Å². The Labute approximate surface area is 202 Å². The van der Waals surface area contributed by atoms with E-state index in [0.29, 0.717) is 34.9 Å². The molecule has 9 heteroatoms. The third kappa shape index (κ3) is 4.05. The zero-order valence-corrected chi connectivity index (χ0v) is 19.4. The van der Waals surface area contributed by atoms with Crippen LogP contribution in [0.15, 0.2) is 60.9 Å². The Bertz CT molecular complexity index is 1310. The van der Waals surface area contributed by atoms with E-state index in [2.05, 4.69) is 10.3 Å². The summed E-state index contributed by atoms with van der Waals surface area (Å²) in [4.78, 5) is 46.7. The molecule has 0 bridgehead atoms. The van der Waals surface area contributed by atoms with Crippen LogP contribution in [-0.4, -0.2) is 72.4 Å². The van der Waals surface area contributed by atoms with E-state index in [0.717, 1.165) is 11.1 Å². The van der Waals surface area contributed by atoms with Gasteiger partial charge < -0.3 is 24.6 Å². The van der Waals surface area contributed by atoms with Gasteiger partial charge in [0.25, 0.3) is 11.8 Å². The molecule has 2 aromatic carbocycles. The normalized spacial score (nSPS) is 17.1. The van der Waals surface area contributed by atoms with Crippen molar-refractivity contribution in [1.82, 2.24) is 14.8 Å². The predicted octanol–water partition coefficient (Wildman–Crippen LogP) is 2.68. The van der Waals surface area contributed by atoms with Crippen LogP contribution in [-0.2, 0) is 4.79 Å². The van der Waals surface area contributed by atoms with E-state index in [-0.39, 0.29) is 30.8 Å². The Hall–Kier alpha value is -4.40. The van der Waals surface area contributed by atoms with E-state index < -0.39 is 6.04 Å². The zero-order valence-electron chi connectivity index (χ0n) is 19.4. The number of carbonyl (C=O) groups is 3.